The lowest BCUT2D eigenvalue weighted by Gasteiger charge is -2.20. The zero-order valence-electron chi connectivity index (χ0n) is 15.8. The fourth-order valence-electron chi connectivity index (χ4n) is 3.03. The van der Waals surface area contributed by atoms with Gasteiger partial charge in [-0.1, -0.05) is 39.4 Å². The first-order valence-electron chi connectivity index (χ1n) is 9.00. The number of rotatable bonds is 6. The number of aryl methyl sites for hydroxylation is 2. The van der Waals surface area contributed by atoms with Gasteiger partial charge in [0.15, 0.2) is 5.13 Å². The summed E-state index contributed by atoms with van der Waals surface area (Å²) >= 11 is 5.01. The number of imidazole rings is 1. The second kappa shape index (κ2) is 9.52. The van der Waals surface area contributed by atoms with Gasteiger partial charge in [0, 0.05) is 35.5 Å². The van der Waals surface area contributed by atoms with Gasteiger partial charge in [-0.05, 0) is 49.2 Å². The van der Waals surface area contributed by atoms with Gasteiger partial charge in [0.2, 0.25) is 0 Å². The number of amides is 1. The van der Waals surface area contributed by atoms with Gasteiger partial charge in [-0.15, -0.1) is 12.4 Å². The predicted molar refractivity (Wildman–Crippen MR) is 124 cm³/mol. The van der Waals surface area contributed by atoms with Gasteiger partial charge in [-0.3, -0.25) is 9.69 Å². The van der Waals surface area contributed by atoms with Crippen LogP contribution in [0.3, 0.4) is 0 Å². The van der Waals surface area contributed by atoms with E-state index in [0.29, 0.717) is 12.1 Å². The zero-order chi connectivity index (χ0) is 19.5. The summed E-state index contributed by atoms with van der Waals surface area (Å²) in [5.41, 5.74) is 2.76. The summed E-state index contributed by atoms with van der Waals surface area (Å²) in [5, 5.41) is 0.733. The molecule has 0 bridgehead atoms. The number of carbonyl (C=O) groups is 1. The van der Waals surface area contributed by atoms with Gasteiger partial charge in [0.05, 0.1) is 16.5 Å². The number of carbonyl (C=O) groups excluding carboxylic acids is 1. The van der Waals surface area contributed by atoms with Gasteiger partial charge in [0.1, 0.15) is 0 Å². The van der Waals surface area contributed by atoms with Crippen molar-refractivity contribution >= 4 is 60.9 Å². The molecule has 4 aromatic rings. The first kappa shape index (κ1) is 21.5. The number of benzene rings is 2. The quantitative estimate of drug-likeness (QED) is 0.346. The maximum atomic E-state index is 13.3. The number of anilines is 1. The highest BCUT2D eigenvalue weighted by molar-refractivity contribution is 9.10. The Labute approximate surface area is 187 Å². The molecule has 0 aliphatic carbocycles. The van der Waals surface area contributed by atoms with Gasteiger partial charge in [-0.2, -0.15) is 0 Å². The minimum atomic E-state index is -0.0392. The number of halogens is 2. The summed E-state index contributed by atoms with van der Waals surface area (Å²) in [6, 6.07) is 13.7. The highest BCUT2D eigenvalue weighted by atomic mass is 79.9. The molecule has 2 aromatic heterocycles. The largest absolute Gasteiger partial charge is 0.337 e. The number of thiazole rings is 1. The molecule has 29 heavy (non-hydrogen) atoms. The normalized spacial score (nSPS) is 10.7. The van der Waals surface area contributed by atoms with Crippen molar-refractivity contribution in [1.29, 1.82) is 0 Å². The Bertz CT molecular complexity index is 1110. The minimum absolute atomic E-state index is 0. The maximum absolute atomic E-state index is 13.3. The fraction of sp³-hybridized carbons (Fsp3) is 0.190. The molecule has 5 nitrogen and oxygen atoms in total. The van der Waals surface area contributed by atoms with E-state index in [2.05, 4.69) is 33.9 Å². The van der Waals surface area contributed by atoms with Crippen LogP contribution in [-0.4, -0.2) is 27.0 Å². The van der Waals surface area contributed by atoms with Crippen molar-refractivity contribution in [2.75, 3.05) is 11.4 Å². The van der Waals surface area contributed by atoms with Crippen molar-refractivity contribution in [2.45, 2.75) is 19.9 Å². The molecule has 150 valence electrons. The van der Waals surface area contributed by atoms with Crippen LogP contribution in [-0.2, 0) is 6.54 Å². The van der Waals surface area contributed by atoms with E-state index in [9.17, 15) is 4.79 Å². The Hall–Kier alpha value is -2.22. The lowest BCUT2D eigenvalue weighted by molar-refractivity contribution is 0.0986. The van der Waals surface area contributed by atoms with Crippen LogP contribution in [0, 0.1) is 6.92 Å². The summed E-state index contributed by atoms with van der Waals surface area (Å²) in [7, 11) is 0. The van der Waals surface area contributed by atoms with Crippen molar-refractivity contribution in [3.63, 3.8) is 0 Å². The third kappa shape index (κ3) is 5.04. The molecule has 0 radical (unpaired) electrons. The SMILES string of the molecule is Cc1ccc2nc(N(CCCn3ccnc3)C(=O)c3cccc(Br)c3)sc2c1.Cl. The summed E-state index contributed by atoms with van der Waals surface area (Å²) in [4.78, 5) is 23.9. The molecule has 0 N–H and O–H groups in total. The highest BCUT2D eigenvalue weighted by Crippen LogP contribution is 2.31. The molecule has 8 heteroatoms. The number of aromatic nitrogens is 3. The molecule has 0 saturated carbocycles. The zero-order valence-corrected chi connectivity index (χ0v) is 19.0. The van der Waals surface area contributed by atoms with Crippen LogP contribution in [0.2, 0.25) is 0 Å². The molecule has 0 aliphatic heterocycles. The van der Waals surface area contributed by atoms with Crippen LogP contribution < -0.4 is 4.90 Å². The van der Waals surface area contributed by atoms with Crippen molar-refractivity contribution < 1.29 is 4.79 Å². The van der Waals surface area contributed by atoms with Crippen molar-refractivity contribution in [3.05, 3.63) is 76.8 Å². The van der Waals surface area contributed by atoms with E-state index in [1.165, 1.54) is 5.56 Å². The standard InChI is InChI=1S/C21H19BrN4OS.ClH/c1-15-6-7-18-19(12-15)28-21(24-18)26(10-3-9-25-11-8-23-14-25)20(27)16-4-2-5-17(22)13-16;/h2,4-8,11-14H,3,9-10H2,1H3;1H. The van der Waals surface area contributed by atoms with E-state index in [0.717, 1.165) is 32.8 Å². The smallest absolute Gasteiger partial charge is 0.260 e. The first-order valence-corrected chi connectivity index (χ1v) is 10.6. The van der Waals surface area contributed by atoms with Crippen LogP contribution in [0.15, 0.2) is 65.7 Å². The van der Waals surface area contributed by atoms with E-state index in [-0.39, 0.29) is 18.3 Å². The third-order valence-corrected chi connectivity index (χ3v) is 5.97. The molecular weight excluding hydrogens is 472 g/mol. The minimum Gasteiger partial charge on any atom is -0.337 e. The van der Waals surface area contributed by atoms with Crippen LogP contribution in [0.4, 0.5) is 5.13 Å². The molecule has 4 rings (SSSR count). The van der Waals surface area contributed by atoms with Crippen LogP contribution in [0.25, 0.3) is 10.2 Å². The lowest BCUT2D eigenvalue weighted by Crippen LogP contribution is -2.32. The van der Waals surface area contributed by atoms with Gasteiger partial charge < -0.3 is 4.57 Å². The first-order chi connectivity index (χ1) is 13.6. The van der Waals surface area contributed by atoms with Crippen molar-refractivity contribution in [3.8, 4) is 0 Å². The van der Waals surface area contributed by atoms with E-state index in [4.69, 9.17) is 4.98 Å². The summed E-state index contributed by atoms with van der Waals surface area (Å²) < 4.78 is 4.00. The molecule has 0 aliphatic rings. The Morgan fingerprint density at radius 3 is 2.86 bits per heavy atom. The van der Waals surface area contributed by atoms with E-state index >= 15 is 0 Å². The molecule has 2 aromatic carbocycles. The molecule has 0 atom stereocenters. The monoisotopic (exact) mass is 490 g/mol. The van der Waals surface area contributed by atoms with Crippen molar-refractivity contribution in [2.24, 2.45) is 0 Å². The average Bonchev–Trinajstić information content (AvgIpc) is 3.34. The average molecular weight is 492 g/mol. The lowest BCUT2D eigenvalue weighted by atomic mass is 10.2. The molecule has 2 heterocycles. The van der Waals surface area contributed by atoms with Gasteiger partial charge in [0.25, 0.3) is 5.91 Å². The highest BCUT2D eigenvalue weighted by Gasteiger charge is 2.21. The Balaban J connectivity index is 0.00000240. The van der Waals surface area contributed by atoms with E-state index in [1.807, 2.05) is 47.2 Å². The van der Waals surface area contributed by atoms with Gasteiger partial charge >= 0.3 is 0 Å². The maximum Gasteiger partial charge on any atom is 0.260 e. The van der Waals surface area contributed by atoms with Crippen LogP contribution >= 0.6 is 39.7 Å². The number of hydrogen-bond acceptors (Lipinski definition) is 4. The molecule has 0 spiro atoms. The van der Waals surface area contributed by atoms with Crippen LogP contribution in [0.5, 0.6) is 0 Å². The number of fused-ring (bicyclic) bond motifs is 1. The molecular formula is C21H20BrClN4OS. The van der Waals surface area contributed by atoms with Crippen LogP contribution in [0.1, 0.15) is 22.3 Å². The predicted octanol–water partition coefficient (Wildman–Crippen LogP) is 5.72. The summed E-state index contributed by atoms with van der Waals surface area (Å²) in [6.07, 6.45) is 6.30. The molecule has 1 amide bonds. The summed E-state index contributed by atoms with van der Waals surface area (Å²) in [5.74, 6) is -0.0392. The fourth-order valence-corrected chi connectivity index (χ4v) is 4.51. The number of hydrogen-bond donors (Lipinski definition) is 0. The molecule has 0 fully saturated rings. The summed E-state index contributed by atoms with van der Waals surface area (Å²) in [6.45, 7) is 3.45. The van der Waals surface area contributed by atoms with Crippen molar-refractivity contribution in [1.82, 2.24) is 14.5 Å². The third-order valence-electron chi connectivity index (χ3n) is 4.44. The number of nitrogens with zero attached hydrogens (tertiary/aromatic N) is 4. The Morgan fingerprint density at radius 2 is 2.10 bits per heavy atom. The second-order valence-electron chi connectivity index (χ2n) is 6.59. The molecule has 0 saturated heterocycles. The van der Waals surface area contributed by atoms with E-state index in [1.54, 1.807) is 28.8 Å². The Kier molecular flexibility index (Phi) is 7.05. The Morgan fingerprint density at radius 1 is 1.24 bits per heavy atom. The molecule has 0 unspecified atom stereocenters. The van der Waals surface area contributed by atoms with E-state index < -0.39 is 0 Å². The van der Waals surface area contributed by atoms with Gasteiger partial charge in [-0.25, -0.2) is 9.97 Å². The topological polar surface area (TPSA) is 51.0 Å². The second-order valence-corrected chi connectivity index (χ2v) is 8.51.